The molecule has 106 valence electrons. The number of hydrogen-bond acceptors (Lipinski definition) is 2. The molecule has 0 aliphatic heterocycles. The topological polar surface area (TPSA) is 46.2 Å². The number of sulfonamides is 1. The average molecular weight is 401 g/mol. The summed E-state index contributed by atoms with van der Waals surface area (Å²) in [5.74, 6) is 0. The van der Waals surface area contributed by atoms with E-state index in [1.165, 1.54) is 0 Å². The normalized spacial score (nSPS) is 11.3. The lowest BCUT2D eigenvalue weighted by atomic mass is 10.2. The first-order chi connectivity index (χ1) is 9.42. The second kappa shape index (κ2) is 6.13. The molecule has 0 aromatic heterocycles. The van der Waals surface area contributed by atoms with E-state index in [0.717, 1.165) is 21.1 Å². The first-order valence-corrected chi connectivity index (χ1v) is 8.86. The van der Waals surface area contributed by atoms with E-state index in [9.17, 15) is 8.42 Å². The molecular formula is C15H16INO2S. The van der Waals surface area contributed by atoms with E-state index < -0.39 is 10.0 Å². The number of nitrogens with one attached hydrogen (secondary N) is 1. The Labute approximate surface area is 133 Å². The molecule has 0 spiro atoms. The summed E-state index contributed by atoms with van der Waals surface area (Å²) in [5.41, 5.74) is 2.83. The molecule has 0 aliphatic carbocycles. The Kier molecular flexibility index (Phi) is 4.70. The molecule has 0 atom stereocenters. The Balaban J connectivity index is 2.27. The summed E-state index contributed by atoms with van der Waals surface area (Å²) in [7, 11) is -3.52. The highest BCUT2D eigenvalue weighted by molar-refractivity contribution is 14.1. The Morgan fingerprint density at radius 1 is 1.10 bits per heavy atom. The van der Waals surface area contributed by atoms with Crippen molar-refractivity contribution in [2.24, 2.45) is 0 Å². The summed E-state index contributed by atoms with van der Waals surface area (Å²) < 4.78 is 28.2. The van der Waals surface area contributed by atoms with Gasteiger partial charge in [0, 0.05) is 9.26 Å². The maximum atomic E-state index is 12.3. The zero-order valence-corrected chi connectivity index (χ0v) is 14.3. The van der Waals surface area contributed by atoms with Gasteiger partial charge in [0.05, 0.1) is 4.90 Å². The third-order valence-corrected chi connectivity index (χ3v) is 5.63. The summed E-state index contributed by atoms with van der Waals surface area (Å²) >= 11 is 2.19. The monoisotopic (exact) mass is 401 g/mol. The smallest absolute Gasteiger partial charge is 0.261 e. The van der Waals surface area contributed by atoms with Gasteiger partial charge in [0.25, 0.3) is 10.0 Å². The number of benzene rings is 2. The average Bonchev–Trinajstić information content (AvgIpc) is 2.43. The van der Waals surface area contributed by atoms with Crippen LogP contribution in [0.1, 0.15) is 18.1 Å². The summed E-state index contributed by atoms with van der Waals surface area (Å²) in [6, 6.07) is 12.5. The van der Waals surface area contributed by atoms with Crippen molar-refractivity contribution in [1.82, 2.24) is 0 Å². The molecule has 5 heteroatoms. The van der Waals surface area contributed by atoms with Crippen LogP contribution in [0.3, 0.4) is 0 Å². The van der Waals surface area contributed by atoms with Gasteiger partial charge in [-0.05, 0) is 71.3 Å². The van der Waals surface area contributed by atoms with Crippen LogP contribution in [-0.2, 0) is 16.4 Å². The molecule has 1 N–H and O–H groups in total. The van der Waals surface area contributed by atoms with Crippen molar-refractivity contribution < 1.29 is 8.42 Å². The van der Waals surface area contributed by atoms with Crippen molar-refractivity contribution in [2.75, 3.05) is 4.72 Å². The van der Waals surface area contributed by atoms with Gasteiger partial charge in [0.1, 0.15) is 0 Å². The summed E-state index contributed by atoms with van der Waals surface area (Å²) in [4.78, 5) is 0.283. The number of halogens is 1. The molecule has 20 heavy (non-hydrogen) atoms. The molecule has 0 unspecified atom stereocenters. The SMILES string of the molecule is CCc1ccc(S(=O)(=O)Nc2ccc(C)c(I)c2)cc1. The van der Waals surface area contributed by atoms with E-state index in [1.54, 1.807) is 18.2 Å². The quantitative estimate of drug-likeness (QED) is 0.789. The Morgan fingerprint density at radius 3 is 2.30 bits per heavy atom. The van der Waals surface area contributed by atoms with Gasteiger partial charge < -0.3 is 0 Å². The number of aryl methyl sites for hydroxylation is 2. The van der Waals surface area contributed by atoms with Gasteiger partial charge in [-0.15, -0.1) is 0 Å². The van der Waals surface area contributed by atoms with Gasteiger partial charge in [0.2, 0.25) is 0 Å². The van der Waals surface area contributed by atoms with E-state index >= 15 is 0 Å². The molecule has 3 nitrogen and oxygen atoms in total. The highest BCUT2D eigenvalue weighted by Gasteiger charge is 2.14. The van der Waals surface area contributed by atoms with Crippen LogP contribution in [0.25, 0.3) is 0 Å². The summed E-state index contributed by atoms with van der Waals surface area (Å²) in [5, 5.41) is 0. The first-order valence-electron chi connectivity index (χ1n) is 6.30. The standard InChI is InChI=1S/C15H16INO2S/c1-3-12-5-8-14(9-6-12)20(18,19)17-13-7-4-11(2)15(16)10-13/h4-10,17H,3H2,1-2H3. The van der Waals surface area contributed by atoms with Crippen LogP contribution in [-0.4, -0.2) is 8.42 Å². The maximum Gasteiger partial charge on any atom is 0.261 e. The van der Waals surface area contributed by atoms with Crippen molar-refractivity contribution in [1.29, 1.82) is 0 Å². The lowest BCUT2D eigenvalue weighted by molar-refractivity contribution is 0.601. The van der Waals surface area contributed by atoms with Gasteiger partial charge in [0.15, 0.2) is 0 Å². The van der Waals surface area contributed by atoms with Gasteiger partial charge in [-0.2, -0.15) is 0 Å². The second-order valence-electron chi connectivity index (χ2n) is 4.57. The minimum absolute atomic E-state index is 0.283. The zero-order chi connectivity index (χ0) is 14.8. The van der Waals surface area contributed by atoms with E-state index in [0.29, 0.717) is 5.69 Å². The summed E-state index contributed by atoms with van der Waals surface area (Å²) in [6.45, 7) is 4.03. The van der Waals surface area contributed by atoms with Crippen LogP contribution in [0, 0.1) is 10.5 Å². The van der Waals surface area contributed by atoms with Crippen LogP contribution in [0.15, 0.2) is 47.4 Å². The fourth-order valence-electron chi connectivity index (χ4n) is 1.77. The molecule has 2 rings (SSSR count). The Hall–Kier alpha value is -1.08. The van der Waals surface area contributed by atoms with Gasteiger partial charge in [-0.3, -0.25) is 4.72 Å². The van der Waals surface area contributed by atoms with Gasteiger partial charge in [-0.1, -0.05) is 25.1 Å². The van der Waals surface area contributed by atoms with Crippen molar-refractivity contribution in [2.45, 2.75) is 25.2 Å². The predicted molar refractivity (Wildman–Crippen MR) is 90.5 cm³/mol. The maximum absolute atomic E-state index is 12.3. The van der Waals surface area contributed by atoms with E-state index in [4.69, 9.17) is 0 Å². The molecule has 2 aromatic carbocycles. The lowest BCUT2D eigenvalue weighted by Crippen LogP contribution is -2.13. The molecule has 0 saturated carbocycles. The molecule has 0 saturated heterocycles. The largest absolute Gasteiger partial charge is 0.280 e. The van der Waals surface area contributed by atoms with E-state index in [-0.39, 0.29) is 4.90 Å². The van der Waals surface area contributed by atoms with Crippen molar-refractivity contribution >= 4 is 38.3 Å². The highest BCUT2D eigenvalue weighted by atomic mass is 127. The first kappa shape index (κ1) is 15.3. The van der Waals surface area contributed by atoms with E-state index in [2.05, 4.69) is 27.3 Å². The van der Waals surface area contributed by atoms with Crippen LogP contribution in [0.5, 0.6) is 0 Å². The molecule has 0 amide bonds. The highest BCUT2D eigenvalue weighted by Crippen LogP contribution is 2.20. The van der Waals surface area contributed by atoms with Crippen molar-refractivity contribution in [3.63, 3.8) is 0 Å². The number of rotatable bonds is 4. The fraction of sp³-hybridized carbons (Fsp3) is 0.200. The molecule has 0 radical (unpaired) electrons. The molecule has 2 aromatic rings. The fourth-order valence-corrected chi connectivity index (χ4v) is 3.34. The molecular weight excluding hydrogens is 385 g/mol. The minimum atomic E-state index is -3.52. The van der Waals surface area contributed by atoms with Crippen LogP contribution in [0.4, 0.5) is 5.69 Å². The number of anilines is 1. The molecule has 0 heterocycles. The molecule has 0 bridgehead atoms. The third kappa shape index (κ3) is 3.52. The van der Waals surface area contributed by atoms with Crippen molar-refractivity contribution in [3.8, 4) is 0 Å². The van der Waals surface area contributed by atoms with Crippen LogP contribution in [0.2, 0.25) is 0 Å². The van der Waals surface area contributed by atoms with Gasteiger partial charge in [-0.25, -0.2) is 8.42 Å². The zero-order valence-electron chi connectivity index (χ0n) is 11.4. The Bertz CT molecular complexity index is 709. The van der Waals surface area contributed by atoms with Crippen molar-refractivity contribution in [3.05, 3.63) is 57.2 Å². The predicted octanol–water partition coefficient (Wildman–Crippen LogP) is 3.96. The third-order valence-electron chi connectivity index (χ3n) is 3.07. The Morgan fingerprint density at radius 2 is 1.75 bits per heavy atom. The molecule has 0 aliphatic rings. The minimum Gasteiger partial charge on any atom is -0.280 e. The van der Waals surface area contributed by atoms with Crippen LogP contribution < -0.4 is 4.72 Å². The summed E-state index contributed by atoms with van der Waals surface area (Å²) in [6.07, 6.45) is 0.893. The lowest BCUT2D eigenvalue weighted by Gasteiger charge is -2.09. The number of hydrogen-bond donors (Lipinski definition) is 1. The second-order valence-corrected chi connectivity index (χ2v) is 7.41. The van der Waals surface area contributed by atoms with Gasteiger partial charge >= 0.3 is 0 Å². The molecule has 0 fully saturated rings. The van der Waals surface area contributed by atoms with E-state index in [1.807, 2.05) is 38.1 Å². The van der Waals surface area contributed by atoms with Crippen LogP contribution >= 0.6 is 22.6 Å².